The second-order valence-corrected chi connectivity index (χ2v) is 3.26. The highest BCUT2D eigenvalue weighted by molar-refractivity contribution is 5.85. The van der Waals surface area contributed by atoms with E-state index in [-0.39, 0.29) is 30.5 Å². The van der Waals surface area contributed by atoms with Crippen LogP contribution in [0.25, 0.3) is 0 Å². The number of methoxy groups -OCH3 is 1. The van der Waals surface area contributed by atoms with Crippen molar-refractivity contribution in [1.29, 1.82) is 0 Å². The van der Waals surface area contributed by atoms with Crippen LogP contribution in [0.4, 0.5) is 0 Å². The van der Waals surface area contributed by atoms with E-state index < -0.39 is 0 Å². The van der Waals surface area contributed by atoms with Crippen molar-refractivity contribution < 1.29 is 9.53 Å². The third kappa shape index (κ3) is 2.45. The molecular weight excluding hydrogens is 220 g/mol. The maximum Gasteiger partial charge on any atom is 0.322 e. The summed E-state index contributed by atoms with van der Waals surface area (Å²) in [4.78, 5) is 11.2. The predicted molar refractivity (Wildman–Crippen MR) is 54.7 cm³/mol. The molecule has 0 aliphatic carbocycles. The van der Waals surface area contributed by atoms with E-state index in [1.807, 2.05) is 0 Å². The van der Waals surface area contributed by atoms with E-state index in [0.29, 0.717) is 6.42 Å². The Morgan fingerprint density at radius 3 is 3.07 bits per heavy atom. The zero-order valence-electron chi connectivity index (χ0n) is 8.29. The van der Waals surface area contributed by atoms with Crippen LogP contribution in [-0.2, 0) is 9.53 Å². The molecule has 1 aliphatic rings. The highest BCUT2D eigenvalue weighted by atomic mass is 35.5. The molecule has 84 valence electrons. The maximum absolute atomic E-state index is 11.2. The molecule has 0 saturated carbocycles. The Morgan fingerprint density at radius 2 is 2.47 bits per heavy atom. The number of aromatic nitrogens is 3. The summed E-state index contributed by atoms with van der Waals surface area (Å²) in [7, 11) is 1.40. The molecule has 0 radical (unpaired) electrons. The van der Waals surface area contributed by atoms with Gasteiger partial charge in [-0.05, 0) is 6.42 Å². The largest absolute Gasteiger partial charge is 0.468 e. The van der Waals surface area contributed by atoms with Gasteiger partial charge in [-0.3, -0.25) is 4.79 Å². The predicted octanol–water partition coefficient (Wildman–Crippen LogP) is -0.224. The number of hydrogen-bond donors (Lipinski definition) is 1. The lowest BCUT2D eigenvalue weighted by Gasteiger charge is -2.08. The molecule has 1 aromatic rings. The van der Waals surface area contributed by atoms with Crippen molar-refractivity contribution in [3.05, 3.63) is 12.4 Å². The Hall–Kier alpha value is -1.14. The maximum atomic E-state index is 11.2. The minimum absolute atomic E-state index is 0. The topological polar surface area (TPSA) is 69.0 Å². The molecule has 2 atom stereocenters. The van der Waals surface area contributed by atoms with Crippen molar-refractivity contribution in [2.75, 3.05) is 13.7 Å². The molecule has 1 saturated heterocycles. The van der Waals surface area contributed by atoms with Gasteiger partial charge in [0.2, 0.25) is 0 Å². The van der Waals surface area contributed by atoms with E-state index in [1.165, 1.54) is 7.11 Å². The Morgan fingerprint density at radius 1 is 1.67 bits per heavy atom. The molecule has 7 heteroatoms. The second-order valence-electron chi connectivity index (χ2n) is 3.26. The van der Waals surface area contributed by atoms with Crippen molar-refractivity contribution in [2.24, 2.45) is 0 Å². The van der Waals surface area contributed by atoms with Crippen molar-refractivity contribution in [1.82, 2.24) is 20.3 Å². The molecule has 0 bridgehead atoms. The number of nitrogens with one attached hydrogen (secondary N) is 1. The average molecular weight is 233 g/mol. The smallest absolute Gasteiger partial charge is 0.322 e. The Labute approximate surface area is 93.4 Å². The summed E-state index contributed by atoms with van der Waals surface area (Å²) in [5, 5.41) is 10.7. The fourth-order valence-corrected chi connectivity index (χ4v) is 1.65. The molecule has 2 rings (SSSR count). The Bertz CT molecular complexity index is 316. The number of hydrogen-bond acceptors (Lipinski definition) is 5. The van der Waals surface area contributed by atoms with Crippen molar-refractivity contribution in [3.8, 4) is 0 Å². The number of carbonyl (C=O) groups is 1. The summed E-state index contributed by atoms with van der Waals surface area (Å²) >= 11 is 0. The quantitative estimate of drug-likeness (QED) is 0.714. The normalized spacial score (nSPS) is 24.6. The molecule has 1 aromatic heterocycles. The molecule has 0 aromatic carbocycles. The summed E-state index contributed by atoms with van der Waals surface area (Å²) in [6, 6.07) is -0.0178. The lowest BCUT2D eigenvalue weighted by molar-refractivity contribution is -0.142. The van der Waals surface area contributed by atoms with Crippen molar-refractivity contribution in [2.45, 2.75) is 18.5 Å². The van der Waals surface area contributed by atoms with Gasteiger partial charge < -0.3 is 10.1 Å². The number of esters is 1. The molecule has 1 aliphatic heterocycles. The SMILES string of the molecule is COC(=O)C1CC(n2ccnn2)CN1.Cl. The van der Waals surface area contributed by atoms with E-state index in [0.717, 1.165) is 6.54 Å². The van der Waals surface area contributed by atoms with Gasteiger partial charge in [0, 0.05) is 12.7 Å². The summed E-state index contributed by atoms with van der Waals surface area (Å²) < 4.78 is 6.41. The number of nitrogens with zero attached hydrogens (tertiary/aromatic N) is 3. The van der Waals surface area contributed by atoms with Gasteiger partial charge in [0.1, 0.15) is 6.04 Å². The van der Waals surface area contributed by atoms with E-state index >= 15 is 0 Å². The van der Waals surface area contributed by atoms with Crippen LogP contribution in [0.5, 0.6) is 0 Å². The fraction of sp³-hybridized carbons (Fsp3) is 0.625. The molecule has 1 N–H and O–H groups in total. The summed E-state index contributed by atoms with van der Waals surface area (Å²) in [5.74, 6) is -0.215. The van der Waals surface area contributed by atoms with Gasteiger partial charge >= 0.3 is 5.97 Å². The Kier molecular flexibility index (Phi) is 4.05. The van der Waals surface area contributed by atoms with Gasteiger partial charge in [0.05, 0.1) is 19.3 Å². The minimum Gasteiger partial charge on any atom is -0.468 e. The first kappa shape index (κ1) is 11.9. The lowest BCUT2D eigenvalue weighted by atomic mass is 10.2. The van der Waals surface area contributed by atoms with Gasteiger partial charge in [-0.15, -0.1) is 17.5 Å². The van der Waals surface area contributed by atoms with Crippen LogP contribution in [0, 0.1) is 0 Å². The molecule has 1 fully saturated rings. The number of halogens is 1. The molecule has 6 nitrogen and oxygen atoms in total. The summed E-state index contributed by atoms with van der Waals surface area (Å²) in [5.41, 5.74) is 0. The monoisotopic (exact) mass is 232 g/mol. The molecule has 0 spiro atoms. The van der Waals surface area contributed by atoms with Crippen molar-refractivity contribution >= 4 is 18.4 Å². The van der Waals surface area contributed by atoms with E-state index in [9.17, 15) is 4.79 Å². The van der Waals surface area contributed by atoms with Crippen LogP contribution in [0.2, 0.25) is 0 Å². The molecular formula is C8H13ClN4O2. The van der Waals surface area contributed by atoms with Crippen LogP contribution >= 0.6 is 12.4 Å². The standard InChI is InChI=1S/C8H12N4O2.ClH/c1-14-8(13)7-4-6(5-9-7)12-3-2-10-11-12;/h2-3,6-7,9H,4-5H2,1H3;1H. The van der Waals surface area contributed by atoms with E-state index in [1.54, 1.807) is 17.1 Å². The van der Waals surface area contributed by atoms with E-state index in [4.69, 9.17) is 0 Å². The molecule has 0 amide bonds. The zero-order valence-corrected chi connectivity index (χ0v) is 9.11. The third-order valence-electron chi connectivity index (χ3n) is 2.41. The zero-order chi connectivity index (χ0) is 9.97. The number of ether oxygens (including phenoxy) is 1. The molecule has 2 unspecified atom stereocenters. The Balaban J connectivity index is 0.00000112. The number of rotatable bonds is 2. The van der Waals surface area contributed by atoms with Crippen LogP contribution in [0.3, 0.4) is 0 Å². The highest BCUT2D eigenvalue weighted by Crippen LogP contribution is 2.18. The van der Waals surface area contributed by atoms with Crippen LogP contribution in [0.1, 0.15) is 12.5 Å². The van der Waals surface area contributed by atoms with Gasteiger partial charge in [-0.1, -0.05) is 5.21 Å². The van der Waals surface area contributed by atoms with Crippen molar-refractivity contribution in [3.63, 3.8) is 0 Å². The third-order valence-corrected chi connectivity index (χ3v) is 2.41. The molecule has 15 heavy (non-hydrogen) atoms. The summed E-state index contributed by atoms with van der Waals surface area (Å²) in [6.45, 7) is 0.725. The number of carbonyl (C=O) groups excluding carboxylic acids is 1. The molecule has 2 heterocycles. The first-order chi connectivity index (χ1) is 6.81. The van der Waals surface area contributed by atoms with Gasteiger partial charge in [-0.25, -0.2) is 4.68 Å². The van der Waals surface area contributed by atoms with Crippen LogP contribution in [0.15, 0.2) is 12.4 Å². The van der Waals surface area contributed by atoms with Crippen LogP contribution < -0.4 is 5.32 Å². The first-order valence-corrected chi connectivity index (χ1v) is 4.48. The second kappa shape index (κ2) is 5.09. The minimum atomic E-state index is -0.215. The fourth-order valence-electron chi connectivity index (χ4n) is 1.65. The summed E-state index contributed by atoms with van der Waals surface area (Å²) in [6.07, 6.45) is 4.13. The van der Waals surface area contributed by atoms with Gasteiger partial charge in [0.25, 0.3) is 0 Å². The lowest BCUT2D eigenvalue weighted by Crippen LogP contribution is -2.31. The van der Waals surface area contributed by atoms with Crippen LogP contribution in [-0.4, -0.2) is 40.7 Å². The van der Waals surface area contributed by atoms with Gasteiger partial charge in [-0.2, -0.15) is 0 Å². The first-order valence-electron chi connectivity index (χ1n) is 4.48. The van der Waals surface area contributed by atoms with Gasteiger partial charge in [0.15, 0.2) is 0 Å². The highest BCUT2D eigenvalue weighted by Gasteiger charge is 2.31. The average Bonchev–Trinajstić information content (AvgIpc) is 2.86. The van der Waals surface area contributed by atoms with E-state index in [2.05, 4.69) is 20.4 Å².